The highest BCUT2D eigenvalue weighted by Crippen LogP contribution is 2.40. The second kappa shape index (κ2) is 8.88. The van der Waals surface area contributed by atoms with Crippen molar-refractivity contribution < 1.29 is 32.2 Å². The van der Waals surface area contributed by atoms with Gasteiger partial charge in [-0.3, -0.25) is 0 Å². The molecule has 2 aliphatic rings. The van der Waals surface area contributed by atoms with Crippen LogP contribution in [0, 0.1) is 5.41 Å². The lowest BCUT2D eigenvalue weighted by molar-refractivity contribution is -0.274. The summed E-state index contributed by atoms with van der Waals surface area (Å²) in [4.78, 5) is 28.0. The third-order valence-electron chi connectivity index (χ3n) is 5.50. The molecule has 1 N–H and O–H groups in total. The monoisotopic (exact) mass is 477 g/mol. The Balaban J connectivity index is 1.47. The first kappa shape index (κ1) is 24.3. The van der Waals surface area contributed by atoms with E-state index in [1.54, 1.807) is 9.80 Å². The summed E-state index contributed by atoms with van der Waals surface area (Å²) in [7, 11) is 0. The minimum Gasteiger partial charge on any atom is -0.444 e. The van der Waals surface area contributed by atoms with Gasteiger partial charge in [0.25, 0.3) is 0 Å². The van der Waals surface area contributed by atoms with Gasteiger partial charge in [0, 0.05) is 48.7 Å². The van der Waals surface area contributed by atoms with E-state index in [0.29, 0.717) is 26.2 Å². The summed E-state index contributed by atoms with van der Waals surface area (Å²) in [6.07, 6.45) is -3.67. The lowest BCUT2D eigenvalue weighted by Gasteiger charge is -2.53. The zero-order valence-corrected chi connectivity index (χ0v) is 19.0. The molecule has 2 saturated heterocycles. The molecule has 2 aliphatic heterocycles. The molecule has 0 aliphatic carbocycles. The fourth-order valence-corrected chi connectivity index (χ4v) is 4.05. The van der Waals surface area contributed by atoms with Crippen molar-refractivity contribution in [2.75, 3.05) is 26.2 Å². The molecule has 3 amide bonds. The average molecular weight is 478 g/mol. The van der Waals surface area contributed by atoms with Crippen molar-refractivity contribution in [1.82, 2.24) is 15.1 Å². The van der Waals surface area contributed by atoms with Gasteiger partial charge in [-0.15, -0.1) is 13.2 Å². The molecule has 2 heterocycles. The first-order valence-electron chi connectivity index (χ1n) is 10.3. The van der Waals surface area contributed by atoms with E-state index in [4.69, 9.17) is 16.3 Å². The minimum absolute atomic E-state index is 0.0410. The van der Waals surface area contributed by atoms with E-state index in [1.165, 1.54) is 12.1 Å². The summed E-state index contributed by atoms with van der Waals surface area (Å²) in [5.41, 5.74) is -0.422. The van der Waals surface area contributed by atoms with Gasteiger partial charge in [0.05, 0.1) is 0 Å². The molecular weight excluding hydrogens is 451 g/mol. The zero-order chi connectivity index (χ0) is 23.7. The van der Waals surface area contributed by atoms with Gasteiger partial charge in [0.2, 0.25) is 0 Å². The van der Waals surface area contributed by atoms with Crippen molar-refractivity contribution >= 4 is 23.7 Å². The lowest BCUT2D eigenvalue weighted by Crippen LogP contribution is -2.64. The molecule has 0 bridgehead atoms. The number of likely N-dealkylation sites (tertiary alicyclic amines) is 2. The van der Waals surface area contributed by atoms with Crippen molar-refractivity contribution in [3.8, 4) is 5.75 Å². The Hall–Kier alpha value is -2.36. The maximum Gasteiger partial charge on any atom is 0.573 e. The number of nitrogens with zero attached hydrogens (tertiary/aromatic N) is 2. The Labute approximate surface area is 189 Å². The van der Waals surface area contributed by atoms with E-state index in [2.05, 4.69) is 10.1 Å². The molecule has 178 valence electrons. The fourth-order valence-electron chi connectivity index (χ4n) is 3.89. The van der Waals surface area contributed by atoms with Crippen LogP contribution in [0.4, 0.5) is 22.8 Å². The van der Waals surface area contributed by atoms with Crippen LogP contribution in [0.2, 0.25) is 5.02 Å². The molecule has 0 aromatic heterocycles. The molecule has 1 aromatic rings. The number of carbonyl (C=O) groups excluding carboxylic acids is 2. The molecule has 1 spiro atoms. The Bertz CT molecular complexity index is 857. The van der Waals surface area contributed by atoms with Crippen molar-refractivity contribution in [2.24, 2.45) is 5.41 Å². The number of hydrogen-bond acceptors (Lipinski definition) is 4. The van der Waals surface area contributed by atoms with Crippen molar-refractivity contribution in [3.63, 3.8) is 0 Å². The van der Waals surface area contributed by atoms with Crippen LogP contribution in [0.1, 0.15) is 39.2 Å². The smallest absolute Gasteiger partial charge is 0.444 e. The summed E-state index contributed by atoms with van der Waals surface area (Å²) < 4.78 is 47.2. The van der Waals surface area contributed by atoms with E-state index in [-0.39, 0.29) is 34.7 Å². The Morgan fingerprint density at radius 3 is 2.31 bits per heavy atom. The molecule has 11 heteroatoms. The van der Waals surface area contributed by atoms with Crippen LogP contribution in [0.3, 0.4) is 0 Å². The summed E-state index contributed by atoms with van der Waals surface area (Å²) in [5.74, 6) is -0.445. The van der Waals surface area contributed by atoms with E-state index in [9.17, 15) is 22.8 Å². The number of amides is 3. The van der Waals surface area contributed by atoms with Gasteiger partial charge in [-0.05, 0) is 45.7 Å². The average Bonchev–Trinajstić information content (AvgIpc) is 2.62. The highest BCUT2D eigenvalue weighted by atomic mass is 35.5. The fraction of sp³-hybridized carbons (Fsp3) is 0.619. The molecule has 1 aromatic carbocycles. The van der Waals surface area contributed by atoms with E-state index in [1.807, 2.05) is 20.8 Å². The topological polar surface area (TPSA) is 71.1 Å². The molecule has 0 saturated carbocycles. The molecule has 0 atom stereocenters. The highest BCUT2D eigenvalue weighted by molar-refractivity contribution is 6.30. The third kappa shape index (κ3) is 6.34. The molecular formula is C21H27ClF3N3O4. The Morgan fingerprint density at radius 2 is 1.75 bits per heavy atom. The predicted octanol–water partition coefficient (Wildman–Crippen LogP) is 4.78. The Morgan fingerprint density at radius 1 is 1.12 bits per heavy atom. The minimum atomic E-state index is -4.86. The van der Waals surface area contributed by atoms with Gasteiger partial charge in [-0.25, -0.2) is 9.59 Å². The Kier molecular flexibility index (Phi) is 6.74. The summed E-state index contributed by atoms with van der Waals surface area (Å²) in [6.45, 7) is 7.53. The van der Waals surface area contributed by atoms with Gasteiger partial charge in [-0.2, -0.15) is 0 Å². The normalized spacial score (nSPS) is 18.2. The molecule has 2 fully saturated rings. The van der Waals surface area contributed by atoms with Gasteiger partial charge in [0.15, 0.2) is 0 Å². The quantitative estimate of drug-likeness (QED) is 0.680. The number of rotatable bonds is 3. The summed E-state index contributed by atoms with van der Waals surface area (Å²) in [6, 6.07) is 3.52. The second-order valence-electron chi connectivity index (χ2n) is 9.28. The predicted molar refractivity (Wildman–Crippen MR) is 111 cm³/mol. The number of carbonyl (C=O) groups is 2. The largest absolute Gasteiger partial charge is 0.573 e. The van der Waals surface area contributed by atoms with Gasteiger partial charge < -0.3 is 24.6 Å². The number of nitrogens with one attached hydrogen (secondary N) is 1. The molecule has 32 heavy (non-hydrogen) atoms. The first-order chi connectivity index (χ1) is 14.8. The van der Waals surface area contributed by atoms with Crippen LogP contribution in [0.25, 0.3) is 0 Å². The van der Waals surface area contributed by atoms with Crippen LogP contribution in [-0.4, -0.2) is 60.1 Å². The standard InChI is InChI=1S/C21H27ClF3N3O4/c1-19(2,3)32-18(30)27-8-6-20(7-9-27)12-28(13-20)17(29)26-11-14-4-5-15(22)10-16(14)31-21(23,24)25/h4-5,10H,6-9,11-13H2,1-3H3,(H,26,29). The van der Waals surface area contributed by atoms with Crippen molar-refractivity contribution in [1.29, 1.82) is 0 Å². The SMILES string of the molecule is CC(C)(C)OC(=O)N1CCC2(CC1)CN(C(=O)NCc1ccc(Cl)cc1OC(F)(F)F)C2. The van der Waals surface area contributed by atoms with E-state index >= 15 is 0 Å². The summed E-state index contributed by atoms with van der Waals surface area (Å²) in [5, 5.41) is 2.73. The molecule has 0 unspecified atom stereocenters. The van der Waals surface area contributed by atoms with E-state index < -0.39 is 17.7 Å². The van der Waals surface area contributed by atoms with Crippen LogP contribution in [0.5, 0.6) is 5.75 Å². The zero-order valence-electron chi connectivity index (χ0n) is 18.2. The molecule has 0 radical (unpaired) electrons. The molecule has 3 rings (SSSR count). The van der Waals surface area contributed by atoms with Crippen LogP contribution in [0.15, 0.2) is 18.2 Å². The number of urea groups is 1. The number of ether oxygens (including phenoxy) is 2. The van der Waals surface area contributed by atoms with Gasteiger partial charge >= 0.3 is 18.5 Å². The maximum absolute atomic E-state index is 12.6. The summed E-state index contributed by atoms with van der Waals surface area (Å²) >= 11 is 5.76. The number of alkyl halides is 3. The second-order valence-corrected chi connectivity index (χ2v) is 9.72. The van der Waals surface area contributed by atoms with Crippen molar-refractivity contribution in [3.05, 3.63) is 28.8 Å². The van der Waals surface area contributed by atoms with Crippen LogP contribution >= 0.6 is 11.6 Å². The third-order valence-corrected chi connectivity index (χ3v) is 5.74. The number of piperidine rings is 1. The number of hydrogen-bond donors (Lipinski definition) is 1. The first-order valence-corrected chi connectivity index (χ1v) is 10.7. The molecule has 7 nitrogen and oxygen atoms in total. The number of benzene rings is 1. The van der Waals surface area contributed by atoms with Gasteiger partial charge in [-0.1, -0.05) is 17.7 Å². The maximum atomic E-state index is 12.6. The van der Waals surface area contributed by atoms with Gasteiger partial charge in [0.1, 0.15) is 11.4 Å². The van der Waals surface area contributed by atoms with Crippen LogP contribution in [-0.2, 0) is 11.3 Å². The number of halogens is 4. The van der Waals surface area contributed by atoms with Crippen molar-refractivity contribution in [2.45, 2.75) is 52.1 Å². The lowest BCUT2D eigenvalue weighted by atomic mass is 9.72. The van der Waals surface area contributed by atoms with E-state index in [0.717, 1.165) is 18.9 Å². The van der Waals surface area contributed by atoms with Crippen LogP contribution < -0.4 is 10.1 Å². The highest BCUT2D eigenvalue weighted by Gasteiger charge is 2.47.